The molecule has 0 bridgehead atoms. The molecule has 100 valence electrons. The molecule has 1 nitrogen and oxygen atoms in total. The summed E-state index contributed by atoms with van der Waals surface area (Å²) in [5.41, 5.74) is 1.21. The average Bonchev–Trinajstić information content (AvgIpc) is 2.40. The van der Waals surface area contributed by atoms with E-state index in [4.69, 9.17) is 11.6 Å². The van der Waals surface area contributed by atoms with Crippen LogP contribution in [-0.4, -0.2) is 17.5 Å². The first kappa shape index (κ1) is 14.2. The zero-order valence-electron chi connectivity index (χ0n) is 11.2. The Morgan fingerprint density at radius 1 is 1.22 bits per heavy atom. The van der Waals surface area contributed by atoms with Crippen LogP contribution in [0.3, 0.4) is 0 Å². The molecular formula is C15H22ClNS. The third-order valence-corrected chi connectivity index (χ3v) is 5.35. The summed E-state index contributed by atoms with van der Waals surface area (Å²) in [6, 6.07) is 9.13. The van der Waals surface area contributed by atoms with E-state index >= 15 is 0 Å². The molecule has 0 aliphatic heterocycles. The van der Waals surface area contributed by atoms with E-state index < -0.39 is 0 Å². The Kier molecular flexibility index (Phi) is 5.40. The number of hydrogen-bond acceptors (Lipinski definition) is 2. The lowest BCUT2D eigenvalue weighted by Crippen LogP contribution is -2.35. The van der Waals surface area contributed by atoms with Crippen molar-refractivity contribution in [2.45, 2.75) is 49.9 Å². The predicted octanol–water partition coefficient (Wildman–Crippen LogP) is 4.66. The number of hydrogen-bond donors (Lipinski definition) is 1. The molecule has 1 N–H and O–H groups in total. The van der Waals surface area contributed by atoms with Crippen LogP contribution in [0.15, 0.2) is 24.3 Å². The van der Waals surface area contributed by atoms with Crippen LogP contribution in [0, 0.1) is 0 Å². The van der Waals surface area contributed by atoms with E-state index in [1.807, 2.05) is 23.9 Å². The zero-order valence-corrected chi connectivity index (χ0v) is 12.7. The molecule has 1 atom stereocenters. The fraction of sp³-hybridized carbons (Fsp3) is 0.600. The monoisotopic (exact) mass is 283 g/mol. The fourth-order valence-corrected chi connectivity index (χ4v) is 3.78. The second-order valence-corrected chi connectivity index (χ2v) is 6.66. The molecular weight excluding hydrogens is 262 g/mol. The summed E-state index contributed by atoms with van der Waals surface area (Å²) < 4.78 is 0. The van der Waals surface area contributed by atoms with E-state index in [9.17, 15) is 0 Å². The minimum Gasteiger partial charge on any atom is -0.307 e. The molecule has 0 saturated heterocycles. The van der Waals surface area contributed by atoms with Gasteiger partial charge in [0.15, 0.2) is 0 Å². The summed E-state index contributed by atoms with van der Waals surface area (Å²) in [6.45, 7) is 2.21. The maximum absolute atomic E-state index is 6.24. The van der Waals surface area contributed by atoms with E-state index in [0.717, 1.165) is 10.3 Å². The Balaban J connectivity index is 1.89. The number of halogens is 1. The summed E-state index contributed by atoms with van der Waals surface area (Å²) in [7, 11) is 0. The van der Waals surface area contributed by atoms with Gasteiger partial charge in [0.1, 0.15) is 0 Å². The highest BCUT2D eigenvalue weighted by atomic mass is 35.5. The van der Waals surface area contributed by atoms with Crippen molar-refractivity contribution < 1.29 is 0 Å². The number of thioether (sulfide) groups is 1. The maximum Gasteiger partial charge on any atom is 0.0453 e. The van der Waals surface area contributed by atoms with Gasteiger partial charge in [-0.25, -0.2) is 0 Å². The molecule has 0 heterocycles. The molecule has 1 aliphatic rings. The number of nitrogens with one attached hydrogen (secondary N) is 1. The van der Waals surface area contributed by atoms with Crippen molar-refractivity contribution in [3.05, 3.63) is 34.9 Å². The van der Waals surface area contributed by atoms with Crippen LogP contribution < -0.4 is 5.32 Å². The van der Waals surface area contributed by atoms with Gasteiger partial charge in [0.25, 0.3) is 0 Å². The van der Waals surface area contributed by atoms with Gasteiger partial charge in [0.2, 0.25) is 0 Å². The van der Waals surface area contributed by atoms with E-state index in [-0.39, 0.29) is 0 Å². The van der Waals surface area contributed by atoms with E-state index in [2.05, 4.69) is 30.6 Å². The molecule has 0 radical (unpaired) electrons. The van der Waals surface area contributed by atoms with Crippen LogP contribution in [0.5, 0.6) is 0 Å². The maximum atomic E-state index is 6.24. The third kappa shape index (κ3) is 3.66. The van der Waals surface area contributed by atoms with E-state index in [1.54, 1.807) is 0 Å². The minimum absolute atomic E-state index is 0.342. The van der Waals surface area contributed by atoms with Crippen molar-refractivity contribution in [2.75, 3.05) is 6.26 Å². The summed E-state index contributed by atoms with van der Waals surface area (Å²) >= 11 is 8.26. The van der Waals surface area contributed by atoms with Crippen molar-refractivity contribution >= 4 is 23.4 Å². The first-order valence-corrected chi connectivity index (χ1v) is 8.40. The zero-order chi connectivity index (χ0) is 13.0. The highest BCUT2D eigenvalue weighted by molar-refractivity contribution is 7.99. The molecule has 2 rings (SSSR count). The van der Waals surface area contributed by atoms with Crippen molar-refractivity contribution in [3.8, 4) is 0 Å². The van der Waals surface area contributed by atoms with Crippen LogP contribution in [0.2, 0.25) is 5.02 Å². The molecule has 1 aliphatic carbocycles. The van der Waals surface area contributed by atoms with Crippen LogP contribution in [0.25, 0.3) is 0 Å². The van der Waals surface area contributed by atoms with Gasteiger partial charge in [-0.3, -0.25) is 0 Å². The molecule has 1 saturated carbocycles. The van der Waals surface area contributed by atoms with Gasteiger partial charge >= 0.3 is 0 Å². The Morgan fingerprint density at radius 3 is 2.50 bits per heavy atom. The van der Waals surface area contributed by atoms with Gasteiger partial charge < -0.3 is 5.32 Å². The Bertz CT molecular complexity index is 375. The average molecular weight is 284 g/mol. The lowest BCUT2D eigenvalue weighted by Gasteiger charge is -2.30. The highest BCUT2D eigenvalue weighted by Crippen LogP contribution is 2.29. The minimum atomic E-state index is 0.342. The van der Waals surface area contributed by atoms with Gasteiger partial charge in [0, 0.05) is 22.4 Å². The van der Waals surface area contributed by atoms with Crippen molar-refractivity contribution in [1.29, 1.82) is 0 Å². The molecule has 1 aromatic rings. The lowest BCUT2D eigenvalue weighted by molar-refractivity contribution is 0.352. The SMILES string of the molecule is CSC1CCC(NC(C)c2ccccc2Cl)CC1. The normalized spacial score (nSPS) is 25.9. The summed E-state index contributed by atoms with van der Waals surface area (Å²) in [4.78, 5) is 0. The highest BCUT2D eigenvalue weighted by Gasteiger charge is 2.22. The largest absolute Gasteiger partial charge is 0.307 e. The van der Waals surface area contributed by atoms with E-state index in [1.165, 1.54) is 31.2 Å². The lowest BCUT2D eigenvalue weighted by atomic mass is 9.93. The molecule has 1 fully saturated rings. The first-order chi connectivity index (χ1) is 8.70. The third-order valence-electron chi connectivity index (χ3n) is 3.86. The Morgan fingerprint density at radius 2 is 1.89 bits per heavy atom. The molecule has 0 amide bonds. The summed E-state index contributed by atoms with van der Waals surface area (Å²) in [6.07, 6.45) is 7.49. The molecule has 0 spiro atoms. The quantitative estimate of drug-likeness (QED) is 0.862. The van der Waals surface area contributed by atoms with Crippen molar-refractivity contribution in [1.82, 2.24) is 5.32 Å². The smallest absolute Gasteiger partial charge is 0.0453 e. The van der Waals surface area contributed by atoms with Crippen LogP contribution in [0.1, 0.15) is 44.2 Å². The predicted molar refractivity (Wildman–Crippen MR) is 82.6 cm³/mol. The molecule has 0 aromatic heterocycles. The van der Waals surface area contributed by atoms with Gasteiger partial charge in [-0.2, -0.15) is 11.8 Å². The topological polar surface area (TPSA) is 12.0 Å². The molecule has 3 heteroatoms. The summed E-state index contributed by atoms with van der Waals surface area (Å²) in [5, 5.41) is 5.47. The van der Waals surface area contributed by atoms with Crippen LogP contribution in [-0.2, 0) is 0 Å². The van der Waals surface area contributed by atoms with Crippen LogP contribution >= 0.6 is 23.4 Å². The van der Waals surface area contributed by atoms with Gasteiger partial charge in [-0.15, -0.1) is 0 Å². The summed E-state index contributed by atoms with van der Waals surface area (Å²) in [5.74, 6) is 0. The standard InChI is InChI=1S/C15H22ClNS/c1-11(14-5-3-4-6-15(14)16)17-12-7-9-13(18-2)10-8-12/h3-6,11-13,17H,7-10H2,1-2H3. The van der Waals surface area contributed by atoms with Crippen molar-refractivity contribution in [2.24, 2.45) is 0 Å². The number of benzene rings is 1. The second-order valence-electron chi connectivity index (χ2n) is 5.12. The first-order valence-electron chi connectivity index (χ1n) is 6.74. The Labute approximate surface area is 120 Å². The Hall–Kier alpha value is -0.180. The second kappa shape index (κ2) is 6.83. The van der Waals surface area contributed by atoms with Crippen molar-refractivity contribution in [3.63, 3.8) is 0 Å². The molecule has 1 aromatic carbocycles. The fourth-order valence-electron chi connectivity index (χ4n) is 2.73. The van der Waals surface area contributed by atoms with E-state index in [0.29, 0.717) is 12.1 Å². The number of rotatable bonds is 4. The van der Waals surface area contributed by atoms with Gasteiger partial charge in [-0.05, 0) is 50.5 Å². The molecule has 18 heavy (non-hydrogen) atoms. The molecule has 1 unspecified atom stereocenters. The van der Waals surface area contributed by atoms with Gasteiger partial charge in [0.05, 0.1) is 0 Å². The van der Waals surface area contributed by atoms with Crippen LogP contribution in [0.4, 0.5) is 0 Å². The van der Waals surface area contributed by atoms with Gasteiger partial charge in [-0.1, -0.05) is 29.8 Å².